The molecule has 1 aliphatic rings. The van der Waals surface area contributed by atoms with Gasteiger partial charge in [-0.3, -0.25) is 4.90 Å². The molecular formula is C17H23N3. The first kappa shape index (κ1) is 13.6. The number of hydrogen-bond acceptors (Lipinski definition) is 3. The van der Waals surface area contributed by atoms with Crippen molar-refractivity contribution in [1.82, 2.24) is 9.80 Å². The van der Waals surface area contributed by atoms with Gasteiger partial charge in [0.15, 0.2) is 0 Å². The molecule has 0 spiro atoms. The highest BCUT2D eigenvalue weighted by Crippen LogP contribution is 2.20. The zero-order chi connectivity index (χ0) is 13.9. The third kappa shape index (κ3) is 3.01. The number of hydrogen-bond donors (Lipinski definition) is 1. The summed E-state index contributed by atoms with van der Waals surface area (Å²) in [5.41, 5.74) is 7.63. The van der Waals surface area contributed by atoms with E-state index in [0.29, 0.717) is 0 Å². The van der Waals surface area contributed by atoms with E-state index in [-0.39, 0.29) is 6.04 Å². The largest absolute Gasteiger partial charge is 0.323 e. The first-order chi connectivity index (χ1) is 9.72. The molecule has 0 saturated carbocycles. The summed E-state index contributed by atoms with van der Waals surface area (Å²) in [5, 5.41) is 2.56. The van der Waals surface area contributed by atoms with Gasteiger partial charge in [-0.1, -0.05) is 36.4 Å². The molecule has 1 fully saturated rings. The summed E-state index contributed by atoms with van der Waals surface area (Å²) in [7, 11) is 2.18. The van der Waals surface area contributed by atoms with Gasteiger partial charge in [0.25, 0.3) is 0 Å². The van der Waals surface area contributed by atoms with Gasteiger partial charge in [-0.25, -0.2) is 0 Å². The van der Waals surface area contributed by atoms with Crippen LogP contribution in [0.1, 0.15) is 11.6 Å². The van der Waals surface area contributed by atoms with Gasteiger partial charge in [-0.15, -0.1) is 0 Å². The van der Waals surface area contributed by atoms with E-state index < -0.39 is 0 Å². The van der Waals surface area contributed by atoms with Crippen LogP contribution in [0.3, 0.4) is 0 Å². The first-order valence-corrected chi connectivity index (χ1v) is 7.37. The third-order valence-corrected chi connectivity index (χ3v) is 4.25. The molecule has 3 heteroatoms. The summed E-state index contributed by atoms with van der Waals surface area (Å²) in [5.74, 6) is 0. The summed E-state index contributed by atoms with van der Waals surface area (Å²) < 4.78 is 0. The number of nitrogens with zero attached hydrogens (tertiary/aromatic N) is 2. The van der Waals surface area contributed by atoms with E-state index in [1.165, 1.54) is 16.3 Å². The molecule has 0 bridgehead atoms. The number of rotatable bonds is 3. The molecular weight excluding hydrogens is 246 g/mol. The van der Waals surface area contributed by atoms with Crippen molar-refractivity contribution >= 4 is 10.8 Å². The quantitative estimate of drug-likeness (QED) is 0.926. The molecule has 2 aromatic rings. The van der Waals surface area contributed by atoms with Crippen LogP contribution in [0.15, 0.2) is 42.5 Å². The Bertz CT molecular complexity index is 573. The topological polar surface area (TPSA) is 32.5 Å². The summed E-state index contributed by atoms with van der Waals surface area (Å²) in [6.07, 6.45) is 0. The molecule has 3 nitrogen and oxygen atoms in total. The van der Waals surface area contributed by atoms with Crippen LogP contribution in [-0.4, -0.2) is 49.6 Å². The maximum Gasteiger partial charge on any atom is 0.0424 e. The summed E-state index contributed by atoms with van der Waals surface area (Å²) in [4.78, 5) is 4.85. The normalized spacial score (nSPS) is 19.3. The molecule has 2 aromatic carbocycles. The van der Waals surface area contributed by atoms with Crippen LogP contribution in [0.25, 0.3) is 10.8 Å². The van der Waals surface area contributed by atoms with E-state index in [9.17, 15) is 0 Å². The van der Waals surface area contributed by atoms with E-state index in [1.54, 1.807) is 0 Å². The molecule has 0 aromatic heterocycles. The smallest absolute Gasteiger partial charge is 0.0424 e. The number of fused-ring (bicyclic) bond motifs is 1. The standard InChI is InChI=1S/C17H23N3/c1-19-8-10-20(11-9-19)13-17(18)16-7-6-14-4-2-3-5-15(14)12-16/h2-7,12,17H,8-11,13,18H2,1H3. The fourth-order valence-electron chi connectivity index (χ4n) is 2.85. The lowest BCUT2D eigenvalue weighted by Gasteiger charge is -2.33. The maximum atomic E-state index is 6.40. The predicted molar refractivity (Wildman–Crippen MR) is 84.8 cm³/mol. The Morgan fingerprint density at radius 1 is 1.00 bits per heavy atom. The Hall–Kier alpha value is -1.42. The Balaban J connectivity index is 1.70. The molecule has 1 heterocycles. The SMILES string of the molecule is CN1CCN(CC(N)c2ccc3ccccc3c2)CC1. The van der Waals surface area contributed by atoms with Crippen molar-refractivity contribution in [3.63, 3.8) is 0 Å². The number of piperazine rings is 1. The van der Waals surface area contributed by atoms with E-state index >= 15 is 0 Å². The van der Waals surface area contributed by atoms with Gasteiger partial charge in [0, 0.05) is 38.8 Å². The molecule has 0 aliphatic carbocycles. The van der Waals surface area contributed by atoms with Crippen LogP contribution in [0.5, 0.6) is 0 Å². The average molecular weight is 269 g/mol. The van der Waals surface area contributed by atoms with Crippen LogP contribution < -0.4 is 5.73 Å². The molecule has 1 aliphatic heterocycles. The van der Waals surface area contributed by atoms with E-state index in [4.69, 9.17) is 5.73 Å². The second-order valence-electron chi connectivity index (χ2n) is 5.82. The molecule has 1 unspecified atom stereocenters. The second-order valence-corrected chi connectivity index (χ2v) is 5.82. The van der Waals surface area contributed by atoms with Crippen LogP contribution in [-0.2, 0) is 0 Å². The van der Waals surface area contributed by atoms with Crippen LogP contribution >= 0.6 is 0 Å². The second kappa shape index (κ2) is 5.92. The monoisotopic (exact) mass is 269 g/mol. The minimum atomic E-state index is 0.100. The van der Waals surface area contributed by atoms with Crippen molar-refractivity contribution in [3.8, 4) is 0 Å². The molecule has 2 N–H and O–H groups in total. The van der Waals surface area contributed by atoms with Crippen LogP contribution in [0, 0.1) is 0 Å². The highest BCUT2D eigenvalue weighted by Gasteiger charge is 2.17. The van der Waals surface area contributed by atoms with Gasteiger partial charge in [0.1, 0.15) is 0 Å². The zero-order valence-corrected chi connectivity index (χ0v) is 12.1. The molecule has 20 heavy (non-hydrogen) atoms. The number of likely N-dealkylation sites (N-methyl/N-ethyl adjacent to an activating group) is 1. The highest BCUT2D eigenvalue weighted by molar-refractivity contribution is 5.83. The van der Waals surface area contributed by atoms with E-state index in [1.807, 2.05) is 0 Å². The van der Waals surface area contributed by atoms with Crippen molar-refractivity contribution < 1.29 is 0 Å². The predicted octanol–water partition coefficient (Wildman–Crippen LogP) is 2.09. The lowest BCUT2D eigenvalue weighted by Crippen LogP contribution is -2.46. The van der Waals surface area contributed by atoms with Crippen molar-refractivity contribution in [2.45, 2.75) is 6.04 Å². The van der Waals surface area contributed by atoms with E-state index in [0.717, 1.165) is 32.7 Å². The van der Waals surface area contributed by atoms with Crippen LogP contribution in [0.4, 0.5) is 0 Å². The van der Waals surface area contributed by atoms with Gasteiger partial charge < -0.3 is 10.6 Å². The molecule has 0 amide bonds. The van der Waals surface area contributed by atoms with Gasteiger partial charge in [0.2, 0.25) is 0 Å². The minimum absolute atomic E-state index is 0.100. The Morgan fingerprint density at radius 2 is 1.70 bits per heavy atom. The fourth-order valence-corrected chi connectivity index (χ4v) is 2.85. The molecule has 0 radical (unpaired) electrons. The fraction of sp³-hybridized carbons (Fsp3) is 0.412. The lowest BCUT2D eigenvalue weighted by atomic mass is 10.0. The zero-order valence-electron chi connectivity index (χ0n) is 12.1. The van der Waals surface area contributed by atoms with Crippen molar-refractivity contribution in [2.24, 2.45) is 5.73 Å². The van der Waals surface area contributed by atoms with Gasteiger partial charge in [0.05, 0.1) is 0 Å². The van der Waals surface area contributed by atoms with Crippen molar-refractivity contribution in [1.29, 1.82) is 0 Å². The Kier molecular flexibility index (Phi) is 4.01. The Morgan fingerprint density at radius 3 is 2.45 bits per heavy atom. The third-order valence-electron chi connectivity index (χ3n) is 4.25. The Labute approximate surface area is 121 Å². The molecule has 106 valence electrons. The maximum absolute atomic E-state index is 6.40. The first-order valence-electron chi connectivity index (χ1n) is 7.37. The van der Waals surface area contributed by atoms with Crippen molar-refractivity contribution in [3.05, 3.63) is 48.0 Å². The highest BCUT2D eigenvalue weighted by atomic mass is 15.2. The van der Waals surface area contributed by atoms with Gasteiger partial charge in [-0.05, 0) is 29.4 Å². The average Bonchev–Trinajstić information content (AvgIpc) is 2.49. The van der Waals surface area contributed by atoms with Crippen LogP contribution in [0.2, 0.25) is 0 Å². The molecule has 3 rings (SSSR count). The molecule has 1 atom stereocenters. The summed E-state index contributed by atoms with van der Waals surface area (Å²) in [6, 6.07) is 15.1. The summed E-state index contributed by atoms with van der Waals surface area (Å²) in [6.45, 7) is 5.48. The van der Waals surface area contributed by atoms with Crippen molar-refractivity contribution in [2.75, 3.05) is 39.8 Å². The summed E-state index contributed by atoms with van der Waals surface area (Å²) >= 11 is 0. The minimum Gasteiger partial charge on any atom is -0.323 e. The van der Waals surface area contributed by atoms with E-state index in [2.05, 4.69) is 59.3 Å². The number of nitrogens with two attached hydrogens (primary N) is 1. The van der Waals surface area contributed by atoms with Gasteiger partial charge in [-0.2, -0.15) is 0 Å². The van der Waals surface area contributed by atoms with Gasteiger partial charge >= 0.3 is 0 Å². The lowest BCUT2D eigenvalue weighted by molar-refractivity contribution is 0.147. The molecule has 1 saturated heterocycles. The number of benzene rings is 2.